The second-order valence-electron chi connectivity index (χ2n) is 6.81. The van der Waals surface area contributed by atoms with Crippen molar-refractivity contribution in [3.63, 3.8) is 0 Å². The Balaban J connectivity index is 1.28. The molecule has 0 radical (unpaired) electrons. The van der Waals surface area contributed by atoms with E-state index in [0.29, 0.717) is 6.61 Å². The highest BCUT2D eigenvalue weighted by molar-refractivity contribution is 5.96. The zero-order valence-electron chi connectivity index (χ0n) is 15.8. The fourth-order valence-corrected chi connectivity index (χ4v) is 3.12. The average molecular weight is 356 g/mol. The van der Waals surface area contributed by atoms with E-state index >= 15 is 0 Å². The molecule has 0 saturated heterocycles. The van der Waals surface area contributed by atoms with Crippen LogP contribution in [0.5, 0.6) is 5.75 Å². The molecular weight excluding hydrogens is 328 g/mol. The van der Waals surface area contributed by atoms with Crippen LogP contribution in [0.4, 0.5) is 0 Å². The number of aliphatic imine (C=N–C) groups is 1. The molecule has 1 aromatic carbocycles. The lowest BCUT2D eigenvalue weighted by atomic mass is 10.1. The van der Waals surface area contributed by atoms with E-state index in [1.54, 1.807) is 0 Å². The Bertz CT molecular complexity index is 737. The van der Waals surface area contributed by atoms with E-state index in [9.17, 15) is 0 Å². The Labute approximate surface area is 155 Å². The quantitative estimate of drug-likeness (QED) is 0.582. The molecule has 0 spiro atoms. The van der Waals surface area contributed by atoms with Crippen molar-refractivity contribution in [2.75, 3.05) is 19.8 Å². The fourth-order valence-electron chi connectivity index (χ4n) is 3.12. The number of rotatable bonds is 10. The number of ether oxygens (including phenoxy) is 2. The number of hydrogen-bond donors (Lipinski definition) is 0. The number of aryl methyl sites for hydroxylation is 3. The molecule has 0 N–H and O–H groups in total. The Morgan fingerprint density at radius 2 is 1.88 bits per heavy atom. The van der Waals surface area contributed by atoms with Gasteiger partial charge in [-0.05, 0) is 50.5 Å². The van der Waals surface area contributed by atoms with Gasteiger partial charge in [-0.3, -0.25) is 0 Å². The summed E-state index contributed by atoms with van der Waals surface area (Å²) in [5, 5.41) is 3.91. The molecule has 5 nitrogen and oxygen atoms in total. The molecule has 26 heavy (non-hydrogen) atoms. The summed E-state index contributed by atoms with van der Waals surface area (Å²) in [5.74, 6) is 2.68. The minimum absolute atomic E-state index is 0.686. The van der Waals surface area contributed by atoms with E-state index in [0.717, 1.165) is 66.6 Å². The molecule has 1 aliphatic heterocycles. The van der Waals surface area contributed by atoms with Crippen LogP contribution < -0.4 is 4.74 Å². The van der Waals surface area contributed by atoms with Gasteiger partial charge >= 0.3 is 0 Å². The first-order chi connectivity index (χ1) is 12.7. The lowest BCUT2D eigenvalue weighted by Gasteiger charge is -2.10. The SMILES string of the molecule is Cc1cc(CCCCCCCOc2ccc(C3=NCCO3)c(C)c2)on1. The summed E-state index contributed by atoms with van der Waals surface area (Å²) in [5.41, 5.74) is 3.17. The van der Waals surface area contributed by atoms with Crippen LogP contribution >= 0.6 is 0 Å². The smallest absolute Gasteiger partial charge is 0.216 e. The van der Waals surface area contributed by atoms with E-state index in [1.165, 1.54) is 19.3 Å². The van der Waals surface area contributed by atoms with Gasteiger partial charge in [0.25, 0.3) is 0 Å². The standard InChI is InChI=1S/C21H28N2O3/c1-16-14-18(9-10-20(16)21-22-11-13-25-21)24-12-7-5-3-4-6-8-19-15-17(2)23-26-19/h9-10,14-15H,3-8,11-13H2,1-2H3. The van der Waals surface area contributed by atoms with E-state index in [2.05, 4.69) is 23.1 Å². The molecule has 0 atom stereocenters. The zero-order chi connectivity index (χ0) is 18.2. The van der Waals surface area contributed by atoms with E-state index in [4.69, 9.17) is 14.0 Å². The second kappa shape index (κ2) is 9.41. The third kappa shape index (κ3) is 5.35. The molecule has 2 heterocycles. The Kier molecular flexibility index (Phi) is 6.69. The van der Waals surface area contributed by atoms with Crippen LogP contribution in [0, 0.1) is 13.8 Å². The highest BCUT2D eigenvalue weighted by Gasteiger charge is 2.13. The summed E-state index contributed by atoms with van der Waals surface area (Å²) < 4.78 is 16.6. The Morgan fingerprint density at radius 1 is 1.04 bits per heavy atom. The van der Waals surface area contributed by atoms with Crippen LogP contribution in [0.25, 0.3) is 0 Å². The maximum atomic E-state index is 5.88. The van der Waals surface area contributed by atoms with E-state index in [-0.39, 0.29) is 0 Å². The summed E-state index contributed by atoms with van der Waals surface area (Å²) >= 11 is 0. The zero-order valence-corrected chi connectivity index (χ0v) is 15.8. The lowest BCUT2D eigenvalue weighted by molar-refractivity contribution is 0.304. The van der Waals surface area contributed by atoms with Crippen molar-refractivity contribution in [3.05, 3.63) is 46.8 Å². The van der Waals surface area contributed by atoms with Gasteiger partial charge in [0, 0.05) is 18.1 Å². The van der Waals surface area contributed by atoms with Crippen molar-refractivity contribution in [2.45, 2.75) is 52.4 Å². The lowest BCUT2D eigenvalue weighted by Crippen LogP contribution is -2.04. The Hall–Kier alpha value is -2.30. The first kappa shape index (κ1) is 18.5. The maximum Gasteiger partial charge on any atom is 0.216 e. The van der Waals surface area contributed by atoms with Gasteiger partial charge in [0.15, 0.2) is 0 Å². The molecule has 0 fully saturated rings. The van der Waals surface area contributed by atoms with Gasteiger partial charge in [0.05, 0.1) is 18.8 Å². The van der Waals surface area contributed by atoms with Crippen molar-refractivity contribution in [3.8, 4) is 5.75 Å². The molecule has 0 bridgehead atoms. The van der Waals surface area contributed by atoms with E-state index in [1.807, 2.05) is 25.1 Å². The molecule has 2 aromatic rings. The Morgan fingerprint density at radius 3 is 2.62 bits per heavy atom. The molecule has 140 valence electrons. The van der Waals surface area contributed by atoms with Crippen LogP contribution in [-0.2, 0) is 11.2 Å². The van der Waals surface area contributed by atoms with Crippen LogP contribution in [0.3, 0.4) is 0 Å². The van der Waals surface area contributed by atoms with Crippen LogP contribution in [-0.4, -0.2) is 30.8 Å². The van der Waals surface area contributed by atoms with Crippen LogP contribution in [0.2, 0.25) is 0 Å². The molecule has 0 unspecified atom stereocenters. The number of nitrogens with zero attached hydrogens (tertiary/aromatic N) is 2. The summed E-state index contributed by atoms with van der Waals surface area (Å²) in [4.78, 5) is 4.37. The van der Waals surface area contributed by atoms with Gasteiger partial charge in [0.1, 0.15) is 18.1 Å². The molecule has 0 amide bonds. The van der Waals surface area contributed by atoms with Crippen molar-refractivity contribution in [1.29, 1.82) is 0 Å². The van der Waals surface area contributed by atoms with Crippen molar-refractivity contribution < 1.29 is 14.0 Å². The molecule has 1 aliphatic rings. The third-order valence-corrected chi connectivity index (χ3v) is 4.53. The van der Waals surface area contributed by atoms with Crippen LogP contribution in [0.1, 0.15) is 54.7 Å². The van der Waals surface area contributed by atoms with Crippen molar-refractivity contribution in [1.82, 2.24) is 5.16 Å². The minimum atomic E-state index is 0.686. The van der Waals surface area contributed by atoms with Crippen molar-refractivity contribution in [2.24, 2.45) is 4.99 Å². The number of benzene rings is 1. The van der Waals surface area contributed by atoms with E-state index < -0.39 is 0 Å². The first-order valence-corrected chi connectivity index (χ1v) is 9.55. The third-order valence-electron chi connectivity index (χ3n) is 4.53. The van der Waals surface area contributed by atoms with Gasteiger partial charge in [-0.25, -0.2) is 4.99 Å². The fraction of sp³-hybridized carbons (Fsp3) is 0.524. The largest absolute Gasteiger partial charge is 0.494 e. The summed E-state index contributed by atoms with van der Waals surface area (Å²) in [6.07, 6.45) is 6.86. The monoisotopic (exact) mass is 356 g/mol. The van der Waals surface area contributed by atoms with Crippen molar-refractivity contribution >= 4 is 5.90 Å². The highest BCUT2D eigenvalue weighted by atomic mass is 16.5. The van der Waals surface area contributed by atoms with Gasteiger partial charge in [-0.15, -0.1) is 0 Å². The van der Waals surface area contributed by atoms with Gasteiger partial charge < -0.3 is 14.0 Å². The average Bonchev–Trinajstić information content (AvgIpc) is 3.29. The maximum absolute atomic E-state index is 5.88. The summed E-state index contributed by atoms with van der Waals surface area (Å²) in [7, 11) is 0. The van der Waals surface area contributed by atoms with Gasteiger partial charge in [0.2, 0.25) is 5.90 Å². The molecule has 0 saturated carbocycles. The van der Waals surface area contributed by atoms with Crippen LogP contribution in [0.15, 0.2) is 33.8 Å². The predicted octanol–water partition coefficient (Wildman–Crippen LogP) is 4.64. The number of hydrogen-bond acceptors (Lipinski definition) is 5. The first-order valence-electron chi connectivity index (χ1n) is 9.55. The number of aromatic nitrogens is 1. The minimum Gasteiger partial charge on any atom is -0.494 e. The van der Waals surface area contributed by atoms with Gasteiger partial charge in [-0.1, -0.05) is 24.4 Å². The van der Waals surface area contributed by atoms with Gasteiger partial charge in [-0.2, -0.15) is 0 Å². The molecule has 1 aromatic heterocycles. The summed E-state index contributed by atoms with van der Waals surface area (Å²) in [6.45, 7) is 6.23. The number of unbranched alkanes of at least 4 members (excludes halogenated alkanes) is 4. The highest BCUT2D eigenvalue weighted by Crippen LogP contribution is 2.20. The molecule has 5 heteroatoms. The molecular formula is C21H28N2O3. The topological polar surface area (TPSA) is 56.9 Å². The molecule has 0 aliphatic carbocycles. The normalized spacial score (nSPS) is 13.5. The molecule has 3 rings (SSSR count). The summed E-state index contributed by atoms with van der Waals surface area (Å²) in [6, 6.07) is 8.14. The predicted molar refractivity (Wildman–Crippen MR) is 102 cm³/mol. The second-order valence-corrected chi connectivity index (χ2v) is 6.81.